The average Bonchev–Trinajstić information content (AvgIpc) is 2.46. The van der Waals surface area contributed by atoms with Gasteiger partial charge in [0.15, 0.2) is 0 Å². The first kappa shape index (κ1) is 13.6. The zero-order valence-electron chi connectivity index (χ0n) is 11.6. The Balaban J connectivity index is 2.16. The molecule has 1 aromatic rings. The molecule has 0 aliphatic carbocycles. The van der Waals surface area contributed by atoms with Crippen LogP contribution in [-0.4, -0.2) is 18.2 Å². The summed E-state index contributed by atoms with van der Waals surface area (Å²) < 4.78 is 0. The number of rotatable bonds is 4. The Kier molecular flexibility index (Phi) is 4.79. The second kappa shape index (κ2) is 6.35. The number of aryl methyl sites for hydroxylation is 2. The third kappa shape index (κ3) is 2.93. The highest BCUT2D eigenvalue weighted by Crippen LogP contribution is 2.30. The molecule has 1 aliphatic heterocycles. The van der Waals surface area contributed by atoms with Crippen LogP contribution in [0.5, 0.6) is 0 Å². The van der Waals surface area contributed by atoms with Gasteiger partial charge in [0.2, 0.25) is 0 Å². The van der Waals surface area contributed by atoms with E-state index in [-0.39, 0.29) is 6.10 Å². The van der Waals surface area contributed by atoms with Crippen molar-refractivity contribution in [3.05, 3.63) is 34.9 Å². The van der Waals surface area contributed by atoms with Gasteiger partial charge in [0, 0.05) is 0 Å². The van der Waals surface area contributed by atoms with E-state index in [1.54, 1.807) is 0 Å². The summed E-state index contributed by atoms with van der Waals surface area (Å²) in [6.07, 6.45) is 4.00. The van der Waals surface area contributed by atoms with Crippen LogP contribution in [0.25, 0.3) is 0 Å². The van der Waals surface area contributed by atoms with E-state index in [0.29, 0.717) is 5.92 Å². The minimum absolute atomic E-state index is 0.289. The van der Waals surface area contributed by atoms with Crippen molar-refractivity contribution in [1.29, 1.82) is 0 Å². The number of aliphatic hydroxyl groups is 1. The second-order valence-electron chi connectivity index (χ2n) is 5.27. The Morgan fingerprint density at radius 2 is 1.83 bits per heavy atom. The van der Waals surface area contributed by atoms with Crippen molar-refractivity contribution in [2.24, 2.45) is 5.92 Å². The number of nitrogens with one attached hydrogen (secondary N) is 1. The van der Waals surface area contributed by atoms with Gasteiger partial charge in [0.25, 0.3) is 0 Å². The van der Waals surface area contributed by atoms with Crippen molar-refractivity contribution < 1.29 is 5.11 Å². The van der Waals surface area contributed by atoms with Gasteiger partial charge in [-0.05, 0) is 61.4 Å². The topological polar surface area (TPSA) is 32.3 Å². The zero-order chi connectivity index (χ0) is 13.0. The van der Waals surface area contributed by atoms with Gasteiger partial charge in [-0.25, -0.2) is 0 Å². The number of benzene rings is 1. The van der Waals surface area contributed by atoms with E-state index < -0.39 is 0 Å². The molecule has 1 aliphatic rings. The summed E-state index contributed by atoms with van der Waals surface area (Å²) in [5, 5.41) is 13.9. The maximum absolute atomic E-state index is 10.5. The van der Waals surface area contributed by atoms with Gasteiger partial charge in [-0.1, -0.05) is 32.0 Å². The van der Waals surface area contributed by atoms with E-state index in [1.165, 1.54) is 11.1 Å². The average molecular weight is 247 g/mol. The predicted octanol–water partition coefficient (Wildman–Crippen LogP) is 2.84. The summed E-state index contributed by atoms with van der Waals surface area (Å²) in [5.41, 5.74) is 3.91. The van der Waals surface area contributed by atoms with E-state index >= 15 is 0 Å². The number of hydrogen-bond acceptors (Lipinski definition) is 2. The molecular formula is C16H25NO. The Morgan fingerprint density at radius 3 is 2.44 bits per heavy atom. The molecule has 2 nitrogen and oxygen atoms in total. The third-order valence-electron chi connectivity index (χ3n) is 4.16. The Labute approximate surface area is 110 Å². The Hall–Kier alpha value is -0.860. The number of aliphatic hydroxyl groups excluding tert-OH is 1. The van der Waals surface area contributed by atoms with Crippen LogP contribution in [0.15, 0.2) is 18.2 Å². The molecule has 0 spiro atoms. The first-order valence-corrected chi connectivity index (χ1v) is 7.26. The molecule has 0 amide bonds. The van der Waals surface area contributed by atoms with Crippen molar-refractivity contribution in [3.63, 3.8) is 0 Å². The van der Waals surface area contributed by atoms with Crippen molar-refractivity contribution in [2.75, 3.05) is 13.1 Å². The molecule has 1 unspecified atom stereocenters. The van der Waals surface area contributed by atoms with Gasteiger partial charge in [0.1, 0.15) is 0 Å². The van der Waals surface area contributed by atoms with Crippen LogP contribution >= 0.6 is 0 Å². The molecule has 1 fully saturated rings. The third-order valence-corrected chi connectivity index (χ3v) is 4.16. The van der Waals surface area contributed by atoms with Crippen LogP contribution < -0.4 is 5.32 Å². The lowest BCUT2D eigenvalue weighted by atomic mass is 9.86. The minimum Gasteiger partial charge on any atom is -0.388 e. The fraction of sp³-hybridized carbons (Fsp3) is 0.625. The van der Waals surface area contributed by atoms with Gasteiger partial charge in [-0.2, -0.15) is 0 Å². The lowest BCUT2D eigenvalue weighted by Crippen LogP contribution is -2.30. The highest BCUT2D eigenvalue weighted by Gasteiger charge is 2.23. The lowest BCUT2D eigenvalue weighted by molar-refractivity contribution is 0.0888. The van der Waals surface area contributed by atoms with Gasteiger partial charge in [0.05, 0.1) is 6.10 Å². The van der Waals surface area contributed by atoms with E-state index in [4.69, 9.17) is 0 Å². The molecule has 1 saturated heterocycles. The molecule has 0 radical (unpaired) electrons. The van der Waals surface area contributed by atoms with Crippen LogP contribution in [0.1, 0.15) is 49.5 Å². The molecule has 1 aromatic carbocycles. The Bertz CT molecular complexity index is 383. The first-order valence-electron chi connectivity index (χ1n) is 7.26. The minimum atomic E-state index is -0.289. The summed E-state index contributed by atoms with van der Waals surface area (Å²) >= 11 is 0. The van der Waals surface area contributed by atoms with E-state index in [2.05, 4.69) is 37.4 Å². The zero-order valence-corrected chi connectivity index (χ0v) is 11.6. The van der Waals surface area contributed by atoms with E-state index in [1.807, 2.05) is 0 Å². The first-order chi connectivity index (χ1) is 8.76. The highest BCUT2D eigenvalue weighted by molar-refractivity contribution is 5.33. The molecule has 18 heavy (non-hydrogen) atoms. The molecule has 0 aromatic heterocycles. The van der Waals surface area contributed by atoms with Gasteiger partial charge >= 0.3 is 0 Å². The molecule has 0 bridgehead atoms. The number of piperidine rings is 1. The smallest absolute Gasteiger partial charge is 0.0819 e. The lowest BCUT2D eigenvalue weighted by Gasteiger charge is -2.28. The molecule has 1 atom stereocenters. The van der Waals surface area contributed by atoms with Gasteiger partial charge in [-0.3, -0.25) is 0 Å². The monoisotopic (exact) mass is 247 g/mol. The van der Waals surface area contributed by atoms with Crippen molar-refractivity contribution >= 4 is 0 Å². The molecule has 100 valence electrons. The van der Waals surface area contributed by atoms with Crippen molar-refractivity contribution in [3.8, 4) is 0 Å². The van der Waals surface area contributed by atoms with Crippen LogP contribution in [0.3, 0.4) is 0 Å². The number of hydrogen-bond donors (Lipinski definition) is 2. The van der Waals surface area contributed by atoms with Crippen molar-refractivity contribution in [2.45, 2.75) is 45.6 Å². The summed E-state index contributed by atoms with van der Waals surface area (Å²) in [4.78, 5) is 0. The summed E-state index contributed by atoms with van der Waals surface area (Å²) in [6.45, 7) is 6.46. The van der Waals surface area contributed by atoms with E-state index in [0.717, 1.165) is 44.3 Å². The largest absolute Gasteiger partial charge is 0.388 e. The van der Waals surface area contributed by atoms with Crippen LogP contribution in [0.2, 0.25) is 0 Å². The summed E-state index contributed by atoms with van der Waals surface area (Å²) in [6, 6.07) is 6.52. The molecule has 1 heterocycles. The normalized spacial score (nSPS) is 18.8. The summed E-state index contributed by atoms with van der Waals surface area (Å²) in [5.74, 6) is 0.420. The van der Waals surface area contributed by atoms with Crippen LogP contribution in [0.4, 0.5) is 0 Å². The van der Waals surface area contributed by atoms with Gasteiger partial charge in [-0.15, -0.1) is 0 Å². The maximum atomic E-state index is 10.5. The predicted molar refractivity (Wildman–Crippen MR) is 75.8 cm³/mol. The Morgan fingerprint density at radius 1 is 1.17 bits per heavy atom. The van der Waals surface area contributed by atoms with Gasteiger partial charge < -0.3 is 10.4 Å². The standard InChI is InChI=1S/C16H25NO/c1-3-12-5-6-15(11-13(12)4-2)16(18)14-7-9-17-10-8-14/h5-6,11,14,16-18H,3-4,7-10H2,1-2H3. The highest BCUT2D eigenvalue weighted by atomic mass is 16.3. The second-order valence-corrected chi connectivity index (χ2v) is 5.27. The van der Waals surface area contributed by atoms with Crippen LogP contribution in [-0.2, 0) is 12.8 Å². The molecule has 2 N–H and O–H groups in total. The molecule has 2 heteroatoms. The SMILES string of the molecule is CCc1ccc(C(O)C2CCNCC2)cc1CC. The van der Waals surface area contributed by atoms with Crippen molar-refractivity contribution in [1.82, 2.24) is 5.32 Å². The molecule has 0 saturated carbocycles. The summed E-state index contributed by atoms with van der Waals surface area (Å²) in [7, 11) is 0. The van der Waals surface area contributed by atoms with Crippen LogP contribution in [0, 0.1) is 5.92 Å². The quantitative estimate of drug-likeness (QED) is 0.857. The molecular weight excluding hydrogens is 222 g/mol. The van der Waals surface area contributed by atoms with E-state index in [9.17, 15) is 5.11 Å². The maximum Gasteiger partial charge on any atom is 0.0819 e. The molecule has 2 rings (SSSR count). The fourth-order valence-corrected chi connectivity index (χ4v) is 2.94. The fourth-order valence-electron chi connectivity index (χ4n) is 2.94.